The number of likely N-dealkylation sites (tertiary alicyclic amines) is 1. The number of aromatic nitrogens is 4. The van der Waals surface area contributed by atoms with Gasteiger partial charge in [0, 0.05) is 12.6 Å². The number of amides is 1. The van der Waals surface area contributed by atoms with Crippen molar-refractivity contribution in [1.82, 2.24) is 25.1 Å². The van der Waals surface area contributed by atoms with Crippen LogP contribution in [0, 0.1) is 13.8 Å². The lowest BCUT2D eigenvalue weighted by Gasteiger charge is -2.35. The summed E-state index contributed by atoms with van der Waals surface area (Å²) in [6, 6.07) is 6.46. The van der Waals surface area contributed by atoms with Crippen LogP contribution in [0.3, 0.4) is 0 Å². The monoisotopic (exact) mass is 359 g/mol. The first-order valence-corrected chi connectivity index (χ1v) is 9.87. The molecule has 0 bridgehead atoms. The van der Waals surface area contributed by atoms with Gasteiger partial charge in [-0.15, -0.1) is 5.10 Å². The van der Waals surface area contributed by atoms with Crippen LogP contribution in [0.2, 0.25) is 0 Å². The maximum absolute atomic E-state index is 12.7. The van der Waals surface area contributed by atoms with Crippen molar-refractivity contribution >= 4 is 17.7 Å². The fourth-order valence-corrected chi connectivity index (χ4v) is 4.12. The molecule has 3 rings (SSSR count). The van der Waals surface area contributed by atoms with Gasteiger partial charge >= 0.3 is 0 Å². The number of tetrazole rings is 1. The van der Waals surface area contributed by atoms with Gasteiger partial charge in [0.25, 0.3) is 0 Å². The van der Waals surface area contributed by atoms with E-state index in [-0.39, 0.29) is 5.91 Å². The third-order valence-electron chi connectivity index (χ3n) is 4.99. The van der Waals surface area contributed by atoms with E-state index in [1.54, 1.807) is 4.68 Å². The van der Waals surface area contributed by atoms with Gasteiger partial charge in [-0.3, -0.25) is 4.79 Å². The SMILES string of the molecule is CCC1CCCCN1C(=O)CSc1nnnn1-c1cccc(C)c1C. The van der Waals surface area contributed by atoms with Crippen LogP contribution in [0.5, 0.6) is 0 Å². The Morgan fingerprint density at radius 2 is 2.16 bits per heavy atom. The third kappa shape index (κ3) is 3.86. The Morgan fingerprint density at radius 1 is 1.32 bits per heavy atom. The summed E-state index contributed by atoms with van der Waals surface area (Å²) in [5.41, 5.74) is 3.30. The number of hydrogen-bond acceptors (Lipinski definition) is 5. The molecule has 0 spiro atoms. The van der Waals surface area contributed by atoms with E-state index < -0.39 is 0 Å². The lowest BCUT2D eigenvalue weighted by atomic mass is 10.0. The van der Waals surface area contributed by atoms with Gasteiger partial charge in [0.1, 0.15) is 0 Å². The van der Waals surface area contributed by atoms with Crippen molar-refractivity contribution in [1.29, 1.82) is 0 Å². The van der Waals surface area contributed by atoms with E-state index in [0.29, 0.717) is 17.0 Å². The van der Waals surface area contributed by atoms with Gasteiger partial charge in [0.2, 0.25) is 11.1 Å². The Labute approximate surface area is 153 Å². The average Bonchev–Trinajstić information content (AvgIpc) is 3.10. The highest BCUT2D eigenvalue weighted by atomic mass is 32.2. The maximum atomic E-state index is 12.7. The van der Waals surface area contributed by atoms with Crippen LogP contribution in [-0.2, 0) is 4.79 Å². The number of benzene rings is 1. The van der Waals surface area contributed by atoms with Crippen molar-refractivity contribution in [2.45, 2.75) is 57.7 Å². The maximum Gasteiger partial charge on any atom is 0.233 e. The van der Waals surface area contributed by atoms with Crippen LogP contribution >= 0.6 is 11.8 Å². The largest absolute Gasteiger partial charge is 0.339 e. The van der Waals surface area contributed by atoms with E-state index in [1.165, 1.54) is 23.7 Å². The number of hydrogen-bond donors (Lipinski definition) is 0. The van der Waals surface area contributed by atoms with Crippen molar-refractivity contribution < 1.29 is 4.79 Å². The third-order valence-corrected chi connectivity index (χ3v) is 5.89. The van der Waals surface area contributed by atoms with Crippen molar-refractivity contribution in [3.63, 3.8) is 0 Å². The van der Waals surface area contributed by atoms with E-state index >= 15 is 0 Å². The molecule has 1 unspecified atom stereocenters. The lowest BCUT2D eigenvalue weighted by Crippen LogP contribution is -2.44. The molecule has 2 heterocycles. The molecule has 7 heteroatoms. The van der Waals surface area contributed by atoms with E-state index in [9.17, 15) is 4.79 Å². The summed E-state index contributed by atoms with van der Waals surface area (Å²) in [7, 11) is 0. The molecule has 1 saturated heterocycles. The quantitative estimate of drug-likeness (QED) is 0.767. The number of carbonyl (C=O) groups is 1. The summed E-state index contributed by atoms with van der Waals surface area (Å²) in [5, 5.41) is 12.7. The molecule has 0 radical (unpaired) electrons. The fourth-order valence-electron chi connectivity index (χ4n) is 3.35. The summed E-state index contributed by atoms with van der Waals surface area (Å²) in [6.07, 6.45) is 4.47. The molecule has 1 atom stereocenters. The molecule has 1 aliphatic heterocycles. The standard InChI is InChI=1S/C18H25N5OS/c1-4-15-9-5-6-11-22(15)17(24)12-25-18-19-20-21-23(18)16-10-7-8-13(2)14(16)3/h7-8,10,15H,4-6,9,11-12H2,1-3H3. The highest BCUT2D eigenvalue weighted by Crippen LogP contribution is 2.24. The topological polar surface area (TPSA) is 63.9 Å². The molecule has 0 N–H and O–H groups in total. The summed E-state index contributed by atoms with van der Waals surface area (Å²) >= 11 is 1.41. The van der Waals surface area contributed by atoms with E-state index in [4.69, 9.17) is 0 Å². The Hall–Kier alpha value is -1.89. The number of nitrogens with zero attached hydrogens (tertiary/aromatic N) is 5. The minimum atomic E-state index is 0.187. The summed E-state index contributed by atoms with van der Waals surface area (Å²) in [6.45, 7) is 7.16. The lowest BCUT2D eigenvalue weighted by molar-refractivity contribution is -0.132. The second-order valence-electron chi connectivity index (χ2n) is 6.53. The zero-order valence-electron chi connectivity index (χ0n) is 15.1. The molecule has 0 aliphatic carbocycles. The van der Waals surface area contributed by atoms with Crippen LogP contribution in [0.4, 0.5) is 0 Å². The first kappa shape index (κ1) is 17.9. The Morgan fingerprint density at radius 3 is 2.96 bits per heavy atom. The van der Waals surface area contributed by atoms with Crippen molar-refractivity contribution in [2.24, 2.45) is 0 Å². The Kier molecular flexibility index (Phi) is 5.73. The van der Waals surface area contributed by atoms with Gasteiger partial charge in [0.05, 0.1) is 11.4 Å². The second kappa shape index (κ2) is 7.99. The molecule has 134 valence electrons. The zero-order valence-corrected chi connectivity index (χ0v) is 15.9. The van der Waals surface area contributed by atoms with Gasteiger partial charge in [-0.1, -0.05) is 30.8 Å². The van der Waals surface area contributed by atoms with Crippen molar-refractivity contribution in [3.05, 3.63) is 29.3 Å². The average molecular weight is 359 g/mol. The normalized spacial score (nSPS) is 17.7. The van der Waals surface area contributed by atoms with Crippen molar-refractivity contribution in [2.75, 3.05) is 12.3 Å². The van der Waals surface area contributed by atoms with Gasteiger partial charge in [-0.05, 0) is 67.2 Å². The minimum Gasteiger partial charge on any atom is -0.339 e. The van der Waals surface area contributed by atoms with Crippen molar-refractivity contribution in [3.8, 4) is 5.69 Å². The Balaban J connectivity index is 1.71. The molecule has 2 aromatic rings. The van der Waals surface area contributed by atoms with Gasteiger partial charge < -0.3 is 4.90 Å². The van der Waals surface area contributed by atoms with E-state index in [2.05, 4.69) is 42.4 Å². The minimum absolute atomic E-state index is 0.187. The summed E-state index contributed by atoms with van der Waals surface area (Å²) in [4.78, 5) is 14.7. The molecule has 0 saturated carbocycles. The number of rotatable bonds is 5. The second-order valence-corrected chi connectivity index (χ2v) is 7.47. The Bertz CT molecular complexity index is 745. The van der Waals surface area contributed by atoms with E-state index in [0.717, 1.165) is 37.1 Å². The van der Waals surface area contributed by atoms with E-state index in [1.807, 2.05) is 17.0 Å². The molecule has 1 aromatic heterocycles. The molecule has 1 amide bonds. The number of aryl methyl sites for hydroxylation is 1. The number of piperidine rings is 1. The first-order chi connectivity index (χ1) is 12.1. The van der Waals surface area contributed by atoms with Crippen LogP contribution in [0.25, 0.3) is 5.69 Å². The van der Waals surface area contributed by atoms with Crippen LogP contribution < -0.4 is 0 Å². The number of carbonyl (C=O) groups excluding carboxylic acids is 1. The molecule has 1 aromatic carbocycles. The highest BCUT2D eigenvalue weighted by molar-refractivity contribution is 7.99. The first-order valence-electron chi connectivity index (χ1n) is 8.89. The van der Waals surface area contributed by atoms with Crippen LogP contribution in [0.15, 0.2) is 23.4 Å². The summed E-state index contributed by atoms with van der Waals surface area (Å²) in [5.74, 6) is 0.564. The van der Waals surface area contributed by atoms with Crippen LogP contribution in [-0.4, -0.2) is 49.4 Å². The molecule has 25 heavy (non-hydrogen) atoms. The van der Waals surface area contributed by atoms with Gasteiger partial charge in [-0.25, -0.2) is 0 Å². The van der Waals surface area contributed by atoms with Gasteiger partial charge in [0.15, 0.2) is 0 Å². The molecule has 6 nitrogen and oxygen atoms in total. The molecule has 1 aliphatic rings. The highest BCUT2D eigenvalue weighted by Gasteiger charge is 2.25. The molecule has 1 fully saturated rings. The predicted molar refractivity (Wildman–Crippen MR) is 99.0 cm³/mol. The number of thioether (sulfide) groups is 1. The molecular weight excluding hydrogens is 334 g/mol. The van der Waals surface area contributed by atoms with Gasteiger partial charge in [-0.2, -0.15) is 4.68 Å². The van der Waals surface area contributed by atoms with Crippen LogP contribution in [0.1, 0.15) is 43.7 Å². The summed E-state index contributed by atoms with van der Waals surface area (Å²) < 4.78 is 1.73. The zero-order chi connectivity index (χ0) is 17.8. The predicted octanol–water partition coefficient (Wildman–Crippen LogP) is 3.16. The molecular formula is C18H25N5OS. The fraction of sp³-hybridized carbons (Fsp3) is 0.556. The smallest absolute Gasteiger partial charge is 0.233 e.